The molecule has 0 saturated carbocycles. The maximum atomic E-state index is 14.0. The van der Waals surface area contributed by atoms with Crippen LogP contribution >= 0.6 is 23.2 Å². The fraction of sp³-hybridized carbons (Fsp3) is 0.0588. The molecule has 0 radical (unpaired) electrons. The normalized spacial score (nSPS) is 11.7. The van der Waals surface area contributed by atoms with Crippen molar-refractivity contribution < 1.29 is 22.3 Å². The maximum absolute atomic E-state index is 14.0. The number of hydrogen-bond acceptors (Lipinski definition) is 6. The number of rotatable bonds is 5. The molecule has 2 aromatic carbocycles. The van der Waals surface area contributed by atoms with Gasteiger partial charge in [-0.3, -0.25) is 0 Å². The molecule has 1 N–H and O–H groups in total. The Hall–Kier alpha value is -2.98. The number of hydrogen-bond donors (Lipinski definition) is 1. The van der Waals surface area contributed by atoms with Gasteiger partial charge in [0, 0.05) is 0 Å². The lowest BCUT2D eigenvalue weighted by atomic mass is 10.2. The van der Waals surface area contributed by atoms with Crippen LogP contribution in [0.3, 0.4) is 0 Å². The summed E-state index contributed by atoms with van der Waals surface area (Å²) >= 11 is 11.8. The van der Waals surface area contributed by atoms with Gasteiger partial charge in [-0.15, -0.1) is 13.2 Å². The third-order valence-corrected chi connectivity index (χ3v) is 3.77. The van der Waals surface area contributed by atoms with Crippen molar-refractivity contribution in [1.82, 2.24) is 15.0 Å². The number of nitrogens with one attached hydrogen (secondary N) is 1. The smallest absolute Gasteiger partial charge is 0.406 e. The number of hydrazone groups is 1. The highest BCUT2D eigenvalue weighted by atomic mass is 35.5. The predicted molar refractivity (Wildman–Crippen MR) is 99.6 cm³/mol. The molecule has 0 atom stereocenters. The number of aromatic nitrogens is 3. The van der Waals surface area contributed by atoms with Gasteiger partial charge >= 0.3 is 6.36 Å². The van der Waals surface area contributed by atoms with Gasteiger partial charge in [-0.05, 0) is 53.6 Å². The molecule has 150 valence electrons. The molecular formula is C17H9Cl2F4N5O. The number of halogens is 6. The Labute approximate surface area is 171 Å². The van der Waals surface area contributed by atoms with Gasteiger partial charge in [0.15, 0.2) is 5.82 Å². The van der Waals surface area contributed by atoms with Crippen LogP contribution < -0.4 is 10.2 Å². The van der Waals surface area contributed by atoms with Crippen molar-refractivity contribution in [3.8, 4) is 17.1 Å². The Morgan fingerprint density at radius 2 is 1.72 bits per heavy atom. The molecule has 12 heteroatoms. The molecular weight excluding hydrogens is 437 g/mol. The Balaban J connectivity index is 1.75. The van der Waals surface area contributed by atoms with Gasteiger partial charge in [-0.25, -0.2) is 9.82 Å². The van der Waals surface area contributed by atoms with E-state index in [9.17, 15) is 17.6 Å². The third-order valence-electron chi connectivity index (χ3n) is 3.29. The fourth-order valence-electron chi connectivity index (χ4n) is 2.14. The van der Waals surface area contributed by atoms with Crippen molar-refractivity contribution in [2.45, 2.75) is 6.36 Å². The molecule has 0 unspecified atom stereocenters. The van der Waals surface area contributed by atoms with Gasteiger partial charge in [0.25, 0.3) is 0 Å². The highest BCUT2D eigenvalue weighted by Gasteiger charge is 2.30. The van der Waals surface area contributed by atoms with Gasteiger partial charge in [0.05, 0.1) is 16.8 Å². The van der Waals surface area contributed by atoms with Crippen LogP contribution in [-0.4, -0.2) is 27.5 Å². The molecule has 0 saturated heterocycles. The second kappa shape index (κ2) is 8.58. The van der Waals surface area contributed by atoms with Crippen LogP contribution in [0, 0.1) is 5.82 Å². The summed E-state index contributed by atoms with van der Waals surface area (Å²) in [6.07, 6.45) is -3.47. The highest BCUT2D eigenvalue weighted by molar-refractivity contribution is 6.33. The van der Waals surface area contributed by atoms with E-state index in [1.54, 1.807) is 0 Å². The van der Waals surface area contributed by atoms with Gasteiger partial charge in [0.2, 0.25) is 11.2 Å². The van der Waals surface area contributed by atoms with Crippen molar-refractivity contribution >= 4 is 35.4 Å². The number of benzene rings is 2. The van der Waals surface area contributed by atoms with Crippen LogP contribution in [-0.2, 0) is 0 Å². The summed E-state index contributed by atoms with van der Waals surface area (Å²) in [6, 6.07) is 9.07. The minimum absolute atomic E-state index is 0.0502. The first-order valence-corrected chi connectivity index (χ1v) is 8.48. The fourth-order valence-corrected chi connectivity index (χ4v) is 2.55. The van der Waals surface area contributed by atoms with Crippen LogP contribution in [0.2, 0.25) is 10.3 Å². The molecule has 3 rings (SSSR count). The van der Waals surface area contributed by atoms with Gasteiger partial charge in [-0.1, -0.05) is 17.7 Å². The van der Waals surface area contributed by atoms with E-state index in [1.807, 2.05) is 0 Å². The lowest BCUT2D eigenvalue weighted by Gasteiger charge is -2.08. The second-order valence-electron chi connectivity index (χ2n) is 5.34. The van der Waals surface area contributed by atoms with Crippen LogP contribution in [0.5, 0.6) is 5.75 Å². The van der Waals surface area contributed by atoms with E-state index in [4.69, 9.17) is 23.2 Å². The van der Waals surface area contributed by atoms with E-state index in [0.29, 0.717) is 5.56 Å². The summed E-state index contributed by atoms with van der Waals surface area (Å²) in [7, 11) is 0. The SMILES string of the molecule is Fc1cccc(Cl)c1-c1nc(Cl)nc(NN=Cc2ccc(OC(F)(F)F)cc2)n1. The first kappa shape index (κ1) is 20.7. The summed E-state index contributed by atoms with van der Waals surface area (Å²) in [5, 5.41) is 3.73. The van der Waals surface area contributed by atoms with E-state index in [1.165, 1.54) is 36.5 Å². The summed E-state index contributed by atoms with van der Waals surface area (Å²) < 4.78 is 54.3. The summed E-state index contributed by atoms with van der Waals surface area (Å²) in [4.78, 5) is 11.7. The molecule has 0 aliphatic heterocycles. The molecule has 0 spiro atoms. The van der Waals surface area contributed by atoms with Gasteiger partial charge in [-0.2, -0.15) is 20.1 Å². The van der Waals surface area contributed by atoms with E-state index >= 15 is 0 Å². The second-order valence-corrected chi connectivity index (χ2v) is 6.08. The minimum atomic E-state index is -4.77. The molecule has 1 aromatic heterocycles. The van der Waals surface area contributed by atoms with Crippen molar-refractivity contribution in [2.24, 2.45) is 5.10 Å². The lowest BCUT2D eigenvalue weighted by molar-refractivity contribution is -0.274. The molecule has 0 aliphatic carbocycles. The monoisotopic (exact) mass is 445 g/mol. The maximum Gasteiger partial charge on any atom is 0.573 e. The summed E-state index contributed by atoms with van der Waals surface area (Å²) in [6.45, 7) is 0. The van der Waals surface area contributed by atoms with Gasteiger partial charge < -0.3 is 4.74 Å². The van der Waals surface area contributed by atoms with Crippen LogP contribution in [0.1, 0.15) is 5.56 Å². The number of nitrogens with zero attached hydrogens (tertiary/aromatic N) is 4. The predicted octanol–water partition coefficient (Wildman–Crippen LogP) is 5.33. The quantitative estimate of drug-likeness (QED) is 0.326. The molecule has 29 heavy (non-hydrogen) atoms. The van der Waals surface area contributed by atoms with Crippen molar-refractivity contribution in [2.75, 3.05) is 5.43 Å². The molecule has 0 aliphatic rings. The first-order valence-electron chi connectivity index (χ1n) is 7.72. The van der Waals surface area contributed by atoms with Crippen molar-refractivity contribution in [3.63, 3.8) is 0 Å². The highest BCUT2D eigenvalue weighted by Crippen LogP contribution is 2.29. The number of alkyl halides is 3. The summed E-state index contributed by atoms with van der Waals surface area (Å²) in [5.74, 6) is -1.19. The molecule has 0 fully saturated rings. The van der Waals surface area contributed by atoms with E-state index in [2.05, 4.69) is 30.2 Å². The lowest BCUT2D eigenvalue weighted by Crippen LogP contribution is -2.17. The van der Waals surface area contributed by atoms with Crippen LogP contribution in [0.4, 0.5) is 23.5 Å². The Kier molecular flexibility index (Phi) is 6.14. The Morgan fingerprint density at radius 3 is 2.38 bits per heavy atom. The summed E-state index contributed by atoms with van der Waals surface area (Å²) in [5.41, 5.74) is 2.89. The Morgan fingerprint density at radius 1 is 1.00 bits per heavy atom. The topological polar surface area (TPSA) is 72.3 Å². The zero-order chi connectivity index (χ0) is 21.0. The zero-order valence-electron chi connectivity index (χ0n) is 14.1. The first-order chi connectivity index (χ1) is 13.7. The van der Waals surface area contributed by atoms with E-state index in [0.717, 1.165) is 12.1 Å². The van der Waals surface area contributed by atoms with E-state index < -0.39 is 12.2 Å². The average Bonchev–Trinajstić information content (AvgIpc) is 2.61. The van der Waals surface area contributed by atoms with Crippen LogP contribution in [0.25, 0.3) is 11.4 Å². The molecule has 6 nitrogen and oxygen atoms in total. The van der Waals surface area contributed by atoms with Crippen molar-refractivity contribution in [3.05, 3.63) is 64.2 Å². The molecule has 1 heterocycles. The van der Waals surface area contributed by atoms with E-state index in [-0.39, 0.29) is 33.4 Å². The molecule has 0 amide bonds. The molecule has 3 aromatic rings. The standard InChI is InChI=1S/C17H9Cl2F4N5O/c18-11-2-1-3-12(20)13(11)14-25-15(19)27-16(26-14)28-24-8-9-4-6-10(7-5-9)29-17(21,22)23/h1-8H,(H,25,26,27,28). The van der Waals surface area contributed by atoms with Crippen LogP contribution in [0.15, 0.2) is 47.6 Å². The Bertz CT molecular complexity index is 1020. The molecule has 0 bridgehead atoms. The zero-order valence-corrected chi connectivity index (χ0v) is 15.6. The van der Waals surface area contributed by atoms with Crippen molar-refractivity contribution in [1.29, 1.82) is 0 Å². The third kappa shape index (κ3) is 5.75. The largest absolute Gasteiger partial charge is 0.573 e. The number of anilines is 1. The number of ether oxygens (including phenoxy) is 1. The minimum Gasteiger partial charge on any atom is -0.406 e. The van der Waals surface area contributed by atoms with Gasteiger partial charge in [0.1, 0.15) is 11.6 Å². The average molecular weight is 446 g/mol.